The molecule has 6 nitrogen and oxygen atoms in total. The molecule has 0 fully saturated rings. The molecule has 2 N–H and O–H groups in total. The molecule has 0 aliphatic carbocycles. The normalized spacial score (nSPS) is 10.8. The van der Waals surface area contributed by atoms with Gasteiger partial charge in [-0.05, 0) is 50.6 Å². The van der Waals surface area contributed by atoms with Gasteiger partial charge in [-0.1, -0.05) is 18.2 Å². The van der Waals surface area contributed by atoms with Crippen LogP contribution < -0.4 is 14.8 Å². The van der Waals surface area contributed by atoms with Gasteiger partial charge in [-0.3, -0.25) is 5.10 Å². The quantitative estimate of drug-likeness (QED) is 0.667. The Hall–Kier alpha value is -3.02. The summed E-state index contributed by atoms with van der Waals surface area (Å²) in [6, 6.07) is 14.0. The van der Waals surface area contributed by atoms with Crippen molar-refractivity contribution in [3.05, 3.63) is 53.9 Å². The number of benzene rings is 2. The number of aryl methyl sites for hydroxylation is 1. The highest BCUT2D eigenvalue weighted by Crippen LogP contribution is 2.29. The summed E-state index contributed by atoms with van der Waals surface area (Å²) in [7, 11) is 1.65. The lowest BCUT2D eigenvalue weighted by Crippen LogP contribution is -2.07. The number of H-pyrrole nitrogens is 1. The molecule has 0 bridgehead atoms. The van der Waals surface area contributed by atoms with Gasteiger partial charge < -0.3 is 14.8 Å². The maximum absolute atomic E-state index is 5.76. The SMILES string of the molecule is COc1cc(CNc2cccc(-c3n[nH]c(C)n3)c2)ccc1OC(C)C. The summed E-state index contributed by atoms with van der Waals surface area (Å²) in [4.78, 5) is 4.37. The molecule has 2 aromatic carbocycles. The Morgan fingerprint density at radius 3 is 2.65 bits per heavy atom. The molecule has 26 heavy (non-hydrogen) atoms. The van der Waals surface area contributed by atoms with Crippen molar-refractivity contribution >= 4 is 5.69 Å². The summed E-state index contributed by atoms with van der Waals surface area (Å²) in [6.45, 7) is 6.56. The van der Waals surface area contributed by atoms with E-state index in [1.165, 1.54) is 0 Å². The number of rotatable bonds is 7. The van der Waals surface area contributed by atoms with Crippen LogP contribution in [0.25, 0.3) is 11.4 Å². The Bertz CT molecular complexity index is 874. The fourth-order valence-corrected chi connectivity index (χ4v) is 2.62. The molecule has 1 aromatic heterocycles. The molecule has 3 rings (SSSR count). The second kappa shape index (κ2) is 7.91. The van der Waals surface area contributed by atoms with Crippen LogP contribution in [0.3, 0.4) is 0 Å². The zero-order chi connectivity index (χ0) is 18.5. The molecule has 0 amide bonds. The monoisotopic (exact) mass is 352 g/mol. The van der Waals surface area contributed by atoms with E-state index in [4.69, 9.17) is 9.47 Å². The second-order valence-electron chi connectivity index (χ2n) is 6.33. The molecule has 0 saturated carbocycles. The van der Waals surface area contributed by atoms with E-state index in [-0.39, 0.29) is 6.10 Å². The maximum atomic E-state index is 5.76. The van der Waals surface area contributed by atoms with Crippen LogP contribution >= 0.6 is 0 Å². The summed E-state index contributed by atoms with van der Waals surface area (Å²) in [5.41, 5.74) is 3.08. The highest BCUT2D eigenvalue weighted by atomic mass is 16.5. The number of hydrogen-bond acceptors (Lipinski definition) is 5. The third-order valence-corrected chi connectivity index (χ3v) is 3.81. The fraction of sp³-hybridized carbons (Fsp3) is 0.300. The van der Waals surface area contributed by atoms with Gasteiger partial charge in [0.05, 0.1) is 13.2 Å². The molecule has 0 aliphatic heterocycles. The van der Waals surface area contributed by atoms with Crippen LogP contribution in [-0.4, -0.2) is 28.4 Å². The zero-order valence-electron chi connectivity index (χ0n) is 15.5. The minimum Gasteiger partial charge on any atom is -0.493 e. The van der Waals surface area contributed by atoms with Crippen LogP contribution in [0.2, 0.25) is 0 Å². The van der Waals surface area contributed by atoms with Gasteiger partial charge >= 0.3 is 0 Å². The molecule has 0 saturated heterocycles. The van der Waals surface area contributed by atoms with Crippen molar-refractivity contribution in [3.8, 4) is 22.9 Å². The molecule has 3 aromatic rings. The molecule has 136 valence electrons. The first-order chi connectivity index (χ1) is 12.5. The van der Waals surface area contributed by atoms with E-state index in [0.29, 0.717) is 12.4 Å². The van der Waals surface area contributed by atoms with Gasteiger partial charge in [0.25, 0.3) is 0 Å². The summed E-state index contributed by atoms with van der Waals surface area (Å²) in [5.74, 6) is 2.99. The molecular weight excluding hydrogens is 328 g/mol. The number of aromatic amines is 1. The van der Waals surface area contributed by atoms with E-state index >= 15 is 0 Å². The molecule has 0 unspecified atom stereocenters. The molecule has 0 aliphatic rings. The molecule has 0 spiro atoms. The highest BCUT2D eigenvalue weighted by molar-refractivity contribution is 5.62. The van der Waals surface area contributed by atoms with Gasteiger partial charge in [-0.2, -0.15) is 5.10 Å². The number of anilines is 1. The minimum absolute atomic E-state index is 0.106. The van der Waals surface area contributed by atoms with Crippen molar-refractivity contribution in [1.82, 2.24) is 15.2 Å². The molecule has 6 heteroatoms. The van der Waals surface area contributed by atoms with Crippen LogP contribution in [0, 0.1) is 6.92 Å². The summed E-state index contributed by atoms with van der Waals surface area (Å²) < 4.78 is 11.2. The Morgan fingerprint density at radius 1 is 1.12 bits per heavy atom. The molecular formula is C20H24N4O2. The average Bonchev–Trinajstić information content (AvgIpc) is 3.07. The number of nitrogens with one attached hydrogen (secondary N) is 2. The van der Waals surface area contributed by atoms with Gasteiger partial charge in [0.2, 0.25) is 0 Å². The van der Waals surface area contributed by atoms with E-state index in [0.717, 1.165) is 34.1 Å². The first-order valence-corrected chi connectivity index (χ1v) is 8.62. The third kappa shape index (κ3) is 4.33. The van der Waals surface area contributed by atoms with Crippen molar-refractivity contribution < 1.29 is 9.47 Å². The van der Waals surface area contributed by atoms with E-state index < -0.39 is 0 Å². The van der Waals surface area contributed by atoms with Gasteiger partial charge in [0.1, 0.15) is 5.82 Å². The zero-order valence-corrected chi connectivity index (χ0v) is 15.5. The summed E-state index contributed by atoms with van der Waals surface area (Å²) >= 11 is 0. The van der Waals surface area contributed by atoms with Gasteiger partial charge in [0.15, 0.2) is 17.3 Å². The third-order valence-electron chi connectivity index (χ3n) is 3.81. The van der Waals surface area contributed by atoms with Crippen LogP contribution in [-0.2, 0) is 6.54 Å². The fourth-order valence-electron chi connectivity index (χ4n) is 2.62. The van der Waals surface area contributed by atoms with Crippen LogP contribution in [0.4, 0.5) is 5.69 Å². The molecule has 0 radical (unpaired) electrons. The average molecular weight is 352 g/mol. The largest absolute Gasteiger partial charge is 0.493 e. The Balaban J connectivity index is 1.71. The number of ether oxygens (including phenoxy) is 2. The van der Waals surface area contributed by atoms with E-state index in [1.807, 2.05) is 63.2 Å². The summed E-state index contributed by atoms with van der Waals surface area (Å²) in [6.07, 6.45) is 0.106. The van der Waals surface area contributed by atoms with Gasteiger partial charge in [0, 0.05) is 17.8 Å². The lowest BCUT2D eigenvalue weighted by Gasteiger charge is -2.15. The van der Waals surface area contributed by atoms with Crippen LogP contribution in [0.1, 0.15) is 25.2 Å². The topological polar surface area (TPSA) is 72.1 Å². The summed E-state index contributed by atoms with van der Waals surface area (Å²) in [5, 5.41) is 10.5. The smallest absolute Gasteiger partial charge is 0.181 e. The Kier molecular flexibility index (Phi) is 5.41. The number of hydrogen-bond donors (Lipinski definition) is 2. The number of methoxy groups -OCH3 is 1. The number of aromatic nitrogens is 3. The Morgan fingerprint density at radius 2 is 1.96 bits per heavy atom. The Labute approximate surface area is 153 Å². The van der Waals surface area contributed by atoms with Crippen molar-refractivity contribution in [2.45, 2.75) is 33.4 Å². The first-order valence-electron chi connectivity index (χ1n) is 8.62. The lowest BCUT2D eigenvalue weighted by atomic mass is 10.1. The number of nitrogens with zero attached hydrogens (tertiary/aromatic N) is 2. The van der Waals surface area contributed by atoms with E-state index in [2.05, 4.69) is 20.5 Å². The maximum Gasteiger partial charge on any atom is 0.181 e. The standard InChI is InChI=1S/C20H24N4O2/c1-13(2)26-18-9-8-15(10-19(18)25-4)12-21-17-7-5-6-16(11-17)20-22-14(3)23-24-20/h5-11,13,21H,12H2,1-4H3,(H,22,23,24). The van der Waals surface area contributed by atoms with Crippen LogP contribution in [0.5, 0.6) is 11.5 Å². The predicted octanol–water partition coefficient (Wildman–Crippen LogP) is 4.19. The molecule has 1 heterocycles. The first kappa shape index (κ1) is 17.8. The van der Waals surface area contributed by atoms with Gasteiger partial charge in [-0.25, -0.2) is 4.98 Å². The van der Waals surface area contributed by atoms with Crippen molar-refractivity contribution in [2.24, 2.45) is 0 Å². The highest BCUT2D eigenvalue weighted by Gasteiger charge is 2.08. The predicted molar refractivity (Wildman–Crippen MR) is 103 cm³/mol. The van der Waals surface area contributed by atoms with Crippen molar-refractivity contribution in [3.63, 3.8) is 0 Å². The van der Waals surface area contributed by atoms with E-state index in [1.54, 1.807) is 7.11 Å². The van der Waals surface area contributed by atoms with Crippen LogP contribution in [0.15, 0.2) is 42.5 Å². The second-order valence-corrected chi connectivity index (χ2v) is 6.33. The van der Waals surface area contributed by atoms with Crippen molar-refractivity contribution in [2.75, 3.05) is 12.4 Å². The van der Waals surface area contributed by atoms with Crippen molar-refractivity contribution in [1.29, 1.82) is 0 Å². The van der Waals surface area contributed by atoms with E-state index in [9.17, 15) is 0 Å². The minimum atomic E-state index is 0.106. The van der Waals surface area contributed by atoms with Gasteiger partial charge in [-0.15, -0.1) is 0 Å². The lowest BCUT2D eigenvalue weighted by molar-refractivity contribution is 0.230. The molecule has 0 atom stereocenters.